The monoisotopic (exact) mass is 398 g/mol. The van der Waals surface area contributed by atoms with Gasteiger partial charge in [0, 0.05) is 30.1 Å². The van der Waals surface area contributed by atoms with Gasteiger partial charge in [-0.15, -0.1) is 11.8 Å². The van der Waals surface area contributed by atoms with Gasteiger partial charge in [0.1, 0.15) is 11.5 Å². The Hall–Kier alpha value is -2.80. The van der Waals surface area contributed by atoms with Crippen molar-refractivity contribution in [3.8, 4) is 17.2 Å². The van der Waals surface area contributed by atoms with Crippen LogP contribution in [0.1, 0.15) is 17.0 Å². The summed E-state index contributed by atoms with van der Waals surface area (Å²) in [5.74, 6) is 3.04. The molecule has 3 aromatic rings. The molecule has 0 radical (unpaired) electrons. The number of carbonyl (C=O) groups excluding carboxylic acids is 1. The molecule has 0 N–H and O–H groups in total. The van der Waals surface area contributed by atoms with Gasteiger partial charge in [0.2, 0.25) is 5.89 Å². The maximum absolute atomic E-state index is 11.2. The third-order valence-corrected chi connectivity index (χ3v) is 5.02. The van der Waals surface area contributed by atoms with Crippen LogP contribution >= 0.6 is 11.8 Å². The van der Waals surface area contributed by atoms with Crippen LogP contribution in [0.4, 0.5) is 0 Å². The van der Waals surface area contributed by atoms with Gasteiger partial charge in [-0.1, -0.05) is 12.1 Å². The second-order valence-electron chi connectivity index (χ2n) is 6.07. The maximum Gasteiger partial charge on any atom is 0.315 e. The van der Waals surface area contributed by atoms with Gasteiger partial charge < -0.3 is 13.9 Å². The Balaban J connectivity index is 1.52. The van der Waals surface area contributed by atoms with Gasteiger partial charge in [-0.05, 0) is 36.8 Å². The normalized spacial score (nSPS) is 10.6. The molecule has 6 nitrogen and oxygen atoms in total. The van der Waals surface area contributed by atoms with E-state index >= 15 is 0 Å². The molecule has 0 bridgehead atoms. The molecule has 0 atom stereocenters. The fourth-order valence-electron chi connectivity index (χ4n) is 2.58. The minimum Gasteiger partial charge on any atom is -0.493 e. The number of pyridine rings is 1. The van der Waals surface area contributed by atoms with Crippen molar-refractivity contribution >= 4 is 17.7 Å². The Morgan fingerprint density at radius 2 is 2.04 bits per heavy atom. The molecule has 0 saturated heterocycles. The highest BCUT2D eigenvalue weighted by Gasteiger charge is 2.11. The van der Waals surface area contributed by atoms with Crippen LogP contribution in [-0.4, -0.2) is 35.4 Å². The van der Waals surface area contributed by atoms with E-state index in [1.54, 1.807) is 12.4 Å². The van der Waals surface area contributed by atoms with Crippen molar-refractivity contribution in [1.82, 2.24) is 9.97 Å². The number of aromatic nitrogens is 2. The van der Waals surface area contributed by atoms with Crippen molar-refractivity contribution in [2.24, 2.45) is 0 Å². The summed E-state index contributed by atoms with van der Waals surface area (Å²) < 4.78 is 16.3. The zero-order valence-corrected chi connectivity index (χ0v) is 16.7. The summed E-state index contributed by atoms with van der Waals surface area (Å²) in [4.78, 5) is 19.8. The van der Waals surface area contributed by atoms with Crippen molar-refractivity contribution in [3.63, 3.8) is 0 Å². The summed E-state index contributed by atoms with van der Waals surface area (Å²) in [7, 11) is 1.40. The van der Waals surface area contributed by atoms with Crippen molar-refractivity contribution < 1.29 is 18.7 Å². The van der Waals surface area contributed by atoms with Gasteiger partial charge in [0.05, 0.1) is 25.2 Å². The van der Waals surface area contributed by atoms with Crippen LogP contribution in [0.2, 0.25) is 0 Å². The molecule has 0 aliphatic heterocycles. The Kier molecular flexibility index (Phi) is 7.08. The fourth-order valence-corrected chi connectivity index (χ4v) is 3.38. The Morgan fingerprint density at radius 1 is 1.21 bits per heavy atom. The average molecular weight is 398 g/mol. The number of oxazole rings is 1. The molecule has 146 valence electrons. The predicted molar refractivity (Wildman–Crippen MR) is 108 cm³/mol. The molecule has 0 unspecified atom stereocenters. The van der Waals surface area contributed by atoms with Crippen LogP contribution in [0, 0.1) is 6.92 Å². The molecular formula is C21H22N2O4S. The number of aryl methyl sites for hydroxylation is 1. The molecule has 0 fully saturated rings. The highest BCUT2D eigenvalue weighted by Crippen LogP contribution is 2.22. The number of esters is 1. The third-order valence-electron chi connectivity index (χ3n) is 4.04. The second-order valence-corrected chi connectivity index (χ2v) is 7.06. The lowest BCUT2D eigenvalue weighted by Gasteiger charge is -2.07. The topological polar surface area (TPSA) is 74.5 Å². The number of nitrogens with zero attached hydrogens (tertiary/aromatic N) is 2. The minimum atomic E-state index is -0.216. The fraction of sp³-hybridized carbons (Fsp3) is 0.286. The van der Waals surface area contributed by atoms with Crippen molar-refractivity contribution in [2.45, 2.75) is 19.1 Å². The number of benzene rings is 1. The summed E-state index contributed by atoms with van der Waals surface area (Å²) in [5, 5.41) is 0. The Labute approximate surface area is 168 Å². The molecule has 0 amide bonds. The van der Waals surface area contributed by atoms with Gasteiger partial charge in [-0.2, -0.15) is 0 Å². The van der Waals surface area contributed by atoms with E-state index in [4.69, 9.17) is 9.15 Å². The Bertz CT molecular complexity index is 912. The highest BCUT2D eigenvalue weighted by atomic mass is 32.2. The van der Waals surface area contributed by atoms with Gasteiger partial charge >= 0.3 is 5.97 Å². The summed E-state index contributed by atoms with van der Waals surface area (Å²) in [6, 6.07) is 11.6. The van der Waals surface area contributed by atoms with Crippen LogP contribution in [-0.2, 0) is 21.7 Å². The maximum atomic E-state index is 11.2. The number of thioether (sulfide) groups is 1. The van der Waals surface area contributed by atoms with E-state index in [1.165, 1.54) is 18.9 Å². The summed E-state index contributed by atoms with van der Waals surface area (Å²) >= 11 is 1.51. The number of hydrogen-bond acceptors (Lipinski definition) is 7. The van der Waals surface area contributed by atoms with Crippen LogP contribution in [0.25, 0.3) is 11.5 Å². The number of rotatable bonds is 9. The number of ether oxygens (including phenoxy) is 2. The summed E-state index contributed by atoms with van der Waals surface area (Å²) in [6.07, 6.45) is 4.09. The van der Waals surface area contributed by atoms with E-state index in [-0.39, 0.29) is 5.97 Å². The molecular weight excluding hydrogens is 376 g/mol. The lowest BCUT2D eigenvalue weighted by Crippen LogP contribution is -2.04. The third kappa shape index (κ3) is 5.60. The van der Waals surface area contributed by atoms with Crippen LogP contribution in [0.3, 0.4) is 0 Å². The quantitative estimate of drug-likeness (QED) is 0.503. The van der Waals surface area contributed by atoms with E-state index in [0.29, 0.717) is 24.7 Å². The van der Waals surface area contributed by atoms with E-state index in [2.05, 4.69) is 14.7 Å². The number of methoxy groups -OCH3 is 1. The molecule has 28 heavy (non-hydrogen) atoms. The van der Waals surface area contributed by atoms with Crippen molar-refractivity contribution in [3.05, 3.63) is 65.8 Å². The van der Waals surface area contributed by atoms with Crippen LogP contribution < -0.4 is 4.74 Å². The molecule has 1 aromatic carbocycles. The zero-order valence-electron chi connectivity index (χ0n) is 15.9. The summed E-state index contributed by atoms with van der Waals surface area (Å²) in [6.45, 7) is 2.41. The molecule has 0 saturated carbocycles. The van der Waals surface area contributed by atoms with Gasteiger partial charge in [-0.25, -0.2) is 4.98 Å². The van der Waals surface area contributed by atoms with Crippen molar-refractivity contribution in [2.75, 3.05) is 19.5 Å². The molecule has 2 heterocycles. The first-order valence-electron chi connectivity index (χ1n) is 8.88. The van der Waals surface area contributed by atoms with Crippen LogP contribution in [0.5, 0.6) is 5.75 Å². The number of carbonyl (C=O) groups is 1. The average Bonchev–Trinajstić information content (AvgIpc) is 3.09. The molecule has 0 aliphatic rings. The first-order chi connectivity index (χ1) is 13.7. The second kappa shape index (κ2) is 9.94. The molecule has 7 heteroatoms. The molecule has 0 spiro atoms. The lowest BCUT2D eigenvalue weighted by molar-refractivity contribution is -0.137. The van der Waals surface area contributed by atoms with E-state index in [1.807, 2.05) is 43.3 Å². The summed E-state index contributed by atoms with van der Waals surface area (Å²) in [5.41, 5.74) is 2.89. The van der Waals surface area contributed by atoms with E-state index < -0.39 is 0 Å². The van der Waals surface area contributed by atoms with E-state index in [0.717, 1.165) is 34.1 Å². The number of hydrogen-bond donors (Lipinski definition) is 0. The smallest absolute Gasteiger partial charge is 0.315 e. The van der Waals surface area contributed by atoms with Gasteiger partial charge in [0.25, 0.3) is 0 Å². The first kappa shape index (κ1) is 19.9. The Morgan fingerprint density at radius 3 is 2.82 bits per heavy atom. The van der Waals surface area contributed by atoms with Crippen molar-refractivity contribution in [1.29, 1.82) is 0 Å². The van der Waals surface area contributed by atoms with E-state index in [9.17, 15) is 4.79 Å². The molecule has 0 aliphatic carbocycles. The molecule has 3 rings (SSSR count). The SMILES string of the molecule is COC(=O)CSCc1cccc(OCCc2nc(-c3ccncc3)oc2C)c1. The lowest BCUT2D eigenvalue weighted by atomic mass is 10.2. The predicted octanol–water partition coefficient (Wildman–Crippen LogP) is 4.07. The van der Waals surface area contributed by atoms with Gasteiger partial charge in [0.15, 0.2) is 0 Å². The van der Waals surface area contributed by atoms with Gasteiger partial charge in [-0.3, -0.25) is 9.78 Å². The standard InChI is InChI=1S/C21H22N2O4S/c1-15-19(23-21(27-15)17-6-9-22-10-7-17)8-11-26-18-5-3-4-16(12-18)13-28-14-20(24)25-2/h3-7,9-10,12H,8,11,13-14H2,1-2H3. The first-order valence-corrected chi connectivity index (χ1v) is 10.0. The molecule has 2 aromatic heterocycles. The zero-order chi connectivity index (χ0) is 19.8. The largest absolute Gasteiger partial charge is 0.493 e. The minimum absolute atomic E-state index is 0.216. The van der Waals surface area contributed by atoms with Crippen LogP contribution in [0.15, 0.2) is 53.2 Å². The highest BCUT2D eigenvalue weighted by molar-refractivity contribution is 7.99.